The van der Waals surface area contributed by atoms with Crippen molar-refractivity contribution in [2.45, 2.75) is 57.3 Å². The molecule has 1 aromatic carbocycles. The normalized spacial score (nSPS) is 18.9. The summed E-state index contributed by atoms with van der Waals surface area (Å²) in [5, 5.41) is 0.318. The van der Waals surface area contributed by atoms with Crippen molar-refractivity contribution < 1.29 is 4.43 Å². The molecule has 0 fully saturated rings. The Bertz CT molecular complexity index is 517. The monoisotopic (exact) mass is 304 g/mol. The number of hydrogen-bond donors (Lipinski definition) is 0. The lowest BCUT2D eigenvalue weighted by atomic mass is 10.1. The van der Waals surface area contributed by atoms with Gasteiger partial charge >= 0.3 is 0 Å². The minimum Gasteiger partial charge on any atom is -0.546 e. The largest absolute Gasteiger partial charge is 0.546 e. The second kappa shape index (κ2) is 5.53. The second-order valence-corrected chi connectivity index (χ2v) is 12.9. The highest BCUT2D eigenvalue weighted by Gasteiger charge is 2.43. The van der Waals surface area contributed by atoms with E-state index in [1.807, 2.05) is 0 Å². The van der Waals surface area contributed by atoms with Crippen LogP contribution in [0.3, 0.4) is 0 Å². The zero-order chi connectivity index (χ0) is 15.0. The zero-order valence-corrected chi connectivity index (χ0v) is 16.8. The number of hydrogen-bond acceptors (Lipinski definition) is 1. The van der Waals surface area contributed by atoms with E-state index in [4.69, 9.17) is 4.43 Å². The van der Waals surface area contributed by atoms with Crippen LogP contribution in [0.5, 0.6) is 0 Å². The van der Waals surface area contributed by atoms with E-state index in [1.54, 1.807) is 0 Å². The standard InChI is InChI=1S/C17H28OSi2/c1-6-11-17(2,3)20(4,5)18-15-12-13-9-7-8-10-14(13)16(15)19/h7-10,12,16H,6,11H2,1-5,19H3. The molecule has 1 unspecified atom stereocenters. The Morgan fingerprint density at radius 1 is 1.25 bits per heavy atom. The van der Waals surface area contributed by atoms with Gasteiger partial charge in [-0.3, -0.25) is 0 Å². The van der Waals surface area contributed by atoms with E-state index < -0.39 is 8.32 Å². The third kappa shape index (κ3) is 2.79. The molecule has 0 saturated carbocycles. The summed E-state index contributed by atoms with van der Waals surface area (Å²) in [6, 6.07) is 8.73. The average Bonchev–Trinajstić information content (AvgIpc) is 2.66. The van der Waals surface area contributed by atoms with Crippen LogP contribution < -0.4 is 0 Å². The van der Waals surface area contributed by atoms with Gasteiger partial charge in [0.1, 0.15) is 0 Å². The SMILES string of the molecule is CCCC(C)(C)[Si](C)(C)OC1=Cc2ccccc2C1[SiH3]. The van der Waals surface area contributed by atoms with Crippen LogP contribution in [0.15, 0.2) is 30.0 Å². The van der Waals surface area contributed by atoms with E-state index in [2.05, 4.69) is 64.2 Å². The van der Waals surface area contributed by atoms with Crippen molar-refractivity contribution in [1.82, 2.24) is 0 Å². The van der Waals surface area contributed by atoms with E-state index in [-0.39, 0.29) is 0 Å². The highest BCUT2D eigenvalue weighted by Crippen LogP contribution is 2.45. The molecule has 0 amide bonds. The molecule has 0 bridgehead atoms. The molecular formula is C17H28OSi2. The first kappa shape index (κ1) is 15.6. The van der Waals surface area contributed by atoms with Crippen LogP contribution in [0, 0.1) is 0 Å². The molecule has 3 heteroatoms. The molecule has 0 N–H and O–H groups in total. The third-order valence-electron chi connectivity index (χ3n) is 5.06. The van der Waals surface area contributed by atoms with Crippen molar-refractivity contribution in [2.24, 2.45) is 0 Å². The Balaban J connectivity index is 2.20. The van der Waals surface area contributed by atoms with Gasteiger partial charge in [0.2, 0.25) is 8.32 Å². The zero-order valence-electron chi connectivity index (χ0n) is 13.8. The van der Waals surface area contributed by atoms with Gasteiger partial charge in [-0.25, -0.2) is 0 Å². The first-order chi connectivity index (χ1) is 9.28. The Morgan fingerprint density at radius 2 is 1.90 bits per heavy atom. The summed E-state index contributed by atoms with van der Waals surface area (Å²) in [5.74, 6) is 1.23. The molecule has 1 aliphatic carbocycles. The van der Waals surface area contributed by atoms with Crippen molar-refractivity contribution in [3.63, 3.8) is 0 Å². The van der Waals surface area contributed by atoms with Crippen molar-refractivity contribution in [3.8, 4) is 0 Å². The fourth-order valence-corrected chi connectivity index (χ4v) is 5.94. The molecular weight excluding hydrogens is 276 g/mol. The Morgan fingerprint density at radius 3 is 2.50 bits per heavy atom. The molecule has 0 radical (unpaired) electrons. The summed E-state index contributed by atoms with van der Waals surface area (Å²) in [6.45, 7) is 11.8. The maximum atomic E-state index is 6.65. The summed E-state index contributed by atoms with van der Waals surface area (Å²) in [5.41, 5.74) is 3.36. The molecule has 2 rings (SSSR count). The molecule has 1 aromatic rings. The van der Waals surface area contributed by atoms with Crippen molar-refractivity contribution >= 4 is 24.6 Å². The van der Waals surface area contributed by atoms with Crippen LogP contribution in [-0.2, 0) is 4.43 Å². The fourth-order valence-electron chi connectivity index (χ4n) is 2.94. The van der Waals surface area contributed by atoms with E-state index in [0.29, 0.717) is 10.6 Å². The van der Waals surface area contributed by atoms with Crippen molar-refractivity contribution in [2.75, 3.05) is 0 Å². The van der Waals surface area contributed by atoms with E-state index >= 15 is 0 Å². The van der Waals surface area contributed by atoms with Gasteiger partial charge in [-0.05, 0) is 41.8 Å². The minimum atomic E-state index is -1.74. The molecule has 1 aliphatic rings. The Kier molecular flexibility index (Phi) is 4.31. The second-order valence-electron chi connectivity index (χ2n) is 7.14. The highest BCUT2D eigenvalue weighted by molar-refractivity contribution is 6.74. The molecule has 0 heterocycles. The summed E-state index contributed by atoms with van der Waals surface area (Å²) >= 11 is 0. The topological polar surface area (TPSA) is 9.23 Å². The average molecular weight is 305 g/mol. The minimum absolute atomic E-state index is 0.318. The molecule has 20 heavy (non-hydrogen) atoms. The number of allylic oxidation sites excluding steroid dienone is 1. The number of rotatable bonds is 5. The first-order valence-corrected chi connectivity index (χ1v) is 11.8. The third-order valence-corrected chi connectivity index (χ3v) is 10.5. The van der Waals surface area contributed by atoms with Gasteiger partial charge < -0.3 is 4.43 Å². The van der Waals surface area contributed by atoms with Gasteiger partial charge in [0.25, 0.3) is 0 Å². The fraction of sp³-hybridized carbons (Fsp3) is 0.529. The van der Waals surface area contributed by atoms with Crippen molar-refractivity contribution in [3.05, 3.63) is 41.2 Å². The molecule has 0 saturated heterocycles. The summed E-state index contributed by atoms with van der Waals surface area (Å²) in [6.07, 6.45) is 4.76. The predicted octanol–water partition coefficient (Wildman–Crippen LogP) is 4.25. The number of benzene rings is 1. The van der Waals surface area contributed by atoms with E-state index in [9.17, 15) is 0 Å². The summed E-state index contributed by atoms with van der Waals surface area (Å²) in [7, 11) is -0.620. The summed E-state index contributed by atoms with van der Waals surface area (Å²) in [4.78, 5) is 0. The van der Waals surface area contributed by atoms with Crippen LogP contribution in [0.4, 0.5) is 0 Å². The van der Waals surface area contributed by atoms with Crippen LogP contribution in [0.1, 0.15) is 50.3 Å². The lowest BCUT2D eigenvalue weighted by molar-refractivity contribution is 0.362. The van der Waals surface area contributed by atoms with Crippen LogP contribution in [0.2, 0.25) is 18.1 Å². The summed E-state index contributed by atoms with van der Waals surface area (Å²) < 4.78 is 6.65. The van der Waals surface area contributed by atoms with E-state index in [0.717, 1.165) is 10.2 Å². The molecule has 0 aliphatic heterocycles. The molecule has 0 spiro atoms. The lowest BCUT2D eigenvalue weighted by Gasteiger charge is -2.40. The maximum Gasteiger partial charge on any atom is 0.250 e. The Labute approximate surface area is 128 Å². The lowest BCUT2D eigenvalue weighted by Crippen LogP contribution is -2.42. The molecule has 110 valence electrons. The molecule has 1 nitrogen and oxygen atoms in total. The van der Waals surface area contributed by atoms with Crippen LogP contribution in [-0.4, -0.2) is 18.6 Å². The predicted molar refractivity (Wildman–Crippen MR) is 94.6 cm³/mol. The maximum absolute atomic E-state index is 6.65. The first-order valence-electron chi connectivity index (χ1n) is 7.78. The Hall–Kier alpha value is -0.806. The van der Waals surface area contributed by atoms with Gasteiger partial charge in [0.15, 0.2) is 0 Å². The van der Waals surface area contributed by atoms with Crippen LogP contribution in [0.25, 0.3) is 6.08 Å². The van der Waals surface area contributed by atoms with Crippen LogP contribution >= 0.6 is 0 Å². The van der Waals surface area contributed by atoms with Gasteiger partial charge in [-0.2, -0.15) is 0 Å². The van der Waals surface area contributed by atoms with Crippen molar-refractivity contribution in [1.29, 1.82) is 0 Å². The highest BCUT2D eigenvalue weighted by atomic mass is 28.4. The smallest absolute Gasteiger partial charge is 0.250 e. The van der Waals surface area contributed by atoms with E-state index in [1.165, 1.54) is 29.7 Å². The van der Waals surface area contributed by atoms with Gasteiger partial charge in [0.05, 0.1) is 5.76 Å². The number of fused-ring (bicyclic) bond motifs is 1. The molecule has 1 atom stereocenters. The quantitative estimate of drug-likeness (QED) is 0.739. The molecule has 0 aromatic heterocycles. The van der Waals surface area contributed by atoms with Gasteiger partial charge in [-0.15, -0.1) is 0 Å². The van der Waals surface area contributed by atoms with Gasteiger partial charge in [-0.1, -0.05) is 51.5 Å². The van der Waals surface area contributed by atoms with Gasteiger partial charge in [0, 0.05) is 15.8 Å².